The lowest BCUT2D eigenvalue weighted by Crippen LogP contribution is -2.37. The summed E-state index contributed by atoms with van der Waals surface area (Å²) in [6.45, 7) is 8.56. The third kappa shape index (κ3) is 4.64. The van der Waals surface area contributed by atoms with Crippen LogP contribution in [-0.2, 0) is 16.1 Å². The maximum atomic E-state index is 12.7. The number of nitrogens with one attached hydrogen (secondary N) is 1. The smallest absolute Gasteiger partial charge is 0.411 e. The van der Waals surface area contributed by atoms with E-state index < -0.39 is 5.60 Å². The molecular weight excluding hydrogens is 330 g/mol. The highest BCUT2D eigenvalue weighted by Gasteiger charge is 2.40. The Balaban J connectivity index is 1.71. The van der Waals surface area contributed by atoms with Crippen molar-refractivity contribution in [3.63, 3.8) is 0 Å². The molecule has 6 heteroatoms. The molecule has 2 aromatic rings. The fourth-order valence-corrected chi connectivity index (χ4v) is 3.09. The molecule has 0 bridgehead atoms. The van der Waals surface area contributed by atoms with Gasteiger partial charge in [-0.25, -0.2) is 9.78 Å². The zero-order chi connectivity index (χ0) is 18.7. The van der Waals surface area contributed by atoms with Gasteiger partial charge in [-0.1, -0.05) is 30.3 Å². The SMILES string of the molecule is Cc1c[nH]c([C@@H]2C[C@H](OCc3ccccc3)CN2C(=O)OC(C)(C)C)n1. The first kappa shape index (κ1) is 18.5. The van der Waals surface area contributed by atoms with E-state index in [1.54, 1.807) is 4.90 Å². The number of hydrogen-bond donors (Lipinski definition) is 1. The van der Waals surface area contributed by atoms with Crippen LogP contribution in [0.3, 0.4) is 0 Å². The number of likely N-dealkylation sites (tertiary alicyclic amines) is 1. The van der Waals surface area contributed by atoms with Gasteiger partial charge in [0.2, 0.25) is 0 Å². The molecule has 26 heavy (non-hydrogen) atoms. The van der Waals surface area contributed by atoms with Crippen molar-refractivity contribution in [3.8, 4) is 0 Å². The molecule has 0 saturated carbocycles. The molecule has 1 aromatic carbocycles. The zero-order valence-corrected chi connectivity index (χ0v) is 15.9. The molecule has 2 atom stereocenters. The number of aromatic amines is 1. The number of aromatic nitrogens is 2. The number of carbonyl (C=O) groups excluding carboxylic acids is 1. The summed E-state index contributed by atoms with van der Waals surface area (Å²) in [5.41, 5.74) is 1.48. The van der Waals surface area contributed by atoms with E-state index in [9.17, 15) is 4.79 Å². The van der Waals surface area contributed by atoms with Gasteiger partial charge in [-0.3, -0.25) is 4.90 Å². The lowest BCUT2D eigenvalue weighted by molar-refractivity contribution is 0.0145. The number of benzene rings is 1. The van der Waals surface area contributed by atoms with Gasteiger partial charge in [0.05, 0.1) is 31.0 Å². The second-order valence-electron chi connectivity index (χ2n) is 7.73. The molecule has 140 valence electrons. The number of rotatable bonds is 4. The molecule has 0 aliphatic carbocycles. The molecule has 1 aliphatic rings. The minimum atomic E-state index is -0.538. The van der Waals surface area contributed by atoms with E-state index in [4.69, 9.17) is 9.47 Å². The van der Waals surface area contributed by atoms with Crippen LogP contribution in [0.4, 0.5) is 4.79 Å². The Bertz CT molecular complexity index is 736. The van der Waals surface area contributed by atoms with E-state index in [1.807, 2.05) is 64.2 Å². The lowest BCUT2D eigenvalue weighted by Gasteiger charge is -2.27. The van der Waals surface area contributed by atoms with Crippen molar-refractivity contribution >= 4 is 6.09 Å². The van der Waals surface area contributed by atoms with Crippen LogP contribution in [0.1, 0.15) is 50.3 Å². The highest BCUT2D eigenvalue weighted by Crippen LogP contribution is 2.33. The van der Waals surface area contributed by atoms with E-state index >= 15 is 0 Å². The first-order valence-electron chi connectivity index (χ1n) is 8.99. The van der Waals surface area contributed by atoms with Crippen LogP contribution >= 0.6 is 0 Å². The van der Waals surface area contributed by atoms with Gasteiger partial charge in [-0.15, -0.1) is 0 Å². The van der Waals surface area contributed by atoms with Gasteiger partial charge in [0.25, 0.3) is 0 Å². The maximum Gasteiger partial charge on any atom is 0.411 e. The summed E-state index contributed by atoms with van der Waals surface area (Å²) in [5.74, 6) is 0.777. The minimum absolute atomic E-state index is 0.0573. The van der Waals surface area contributed by atoms with Gasteiger partial charge in [0.15, 0.2) is 0 Å². The Kier molecular flexibility index (Phi) is 5.32. The summed E-state index contributed by atoms with van der Waals surface area (Å²) < 4.78 is 11.6. The molecular formula is C20H27N3O3. The average molecular weight is 357 g/mol. The molecule has 3 rings (SSSR count). The van der Waals surface area contributed by atoms with Crippen LogP contribution in [0.5, 0.6) is 0 Å². The molecule has 0 spiro atoms. The minimum Gasteiger partial charge on any atom is -0.444 e. The third-order valence-electron chi connectivity index (χ3n) is 4.26. The van der Waals surface area contributed by atoms with Crippen molar-refractivity contribution in [3.05, 3.63) is 53.6 Å². The monoisotopic (exact) mass is 357 g/mol. The Morgan fingerprint density at radius 3 is 2.65 bits per heavy atom. The highest BCUT2D eigenvalue weighted by atomic mass is 16.6. The van der Waals surface area contributed by atoms with Gasteiger partial charge < -0.3 is 14.5 Å². The van der Waals surface area contributed by atoms with Gasteiger partial charge in [-0.05, 0) is 33.3 Å². The van der Waals surface area contributed by atoms with Gasteiger partial charge in [-0.2, -0.15) is 0 Å². The van der Waals surface area contributed by atoms with Crippen molar-refractivity contribution in [1.82, 2.24) is 14.9 Å². The fraction of sp³-hybridized carbons (Fsp3) is 0.500. The predicted molar refractivity (Wildman–Crippen MR) is 98.6 cm³/mol. The second-order valence-corrected chi connectivity index (χ2v) is 7.73. The van der Waals surface area contributed by atoms with Crippen molar-refractivity contribution in [2.24, 2.45) is 0 Å². The molecule has 2 heterocycles. The van der Waals surface area contributed by atoms with Crippen LogP contribution in [-0.4, -0.2) is 39.2 Å². The molecule has 0 unspecified atom stereocenters. The number of nitrogens with zero attached hydrogens (tertiary/aromatic N) is 2. The maximum absolute atomic E-state index is 12.7. The van der Waals surface area contributed by atoms with Crippen LogP contribution in [0, 0.1) is 6.92 Å². The Hall–Kier alpha value is -2.34. The van der Waals surface area contributed by atoms with Crippen LogP contribution in [0.25, 0.3) is 0 Å². The van der Waals surface area contributed by atoms with Crippen LogP contribution < -0.4 is 0 Å². The molecule has 0 radical (unpaired) electrons. The summed E-state index contributed by atoms with van der Waals surface area (Å²) in [5, 5.41) is 0. The van der Waals surface area contributed by atoms with Crippen LogP contribution in [0.2, 0.25) is 0 Å². The number of hydrogen-bond acceptors (Lipinski definition) is 4. The summed E-state index contributed by atoms with van der Waals surface area (Å²) in [6, 6.07) is 9.88. The summed E-state index contributed by atoms with van der Waals surface area (Å²) in [6.07, 6.45) is 2.15. The summed E-state index contributed by atoms with van der Waals surface area (Å²) in [7, 11) is 0. The summed E-state index contributed by atoms with van der Waals surface area (Å²) in [4.78, 5) is 22.1. The molecule has 1 saturated heterocycles. The van der Waals surface area contributed by atoms with Crippen molar-refractivity contribution in [1.29, 1.82) is 0 Å². The molecule has 1 aromatic heterocycles. The number of carbonyl (C=O) groups is 1. The van der Waals surface area contributed by atoms with Gasteiger partial charge in [0, 0.05) is 12.6 Å². The largest absolute Gasteiger partial charge is 0.444 e. The third-order valence-corrected chi connectivity index (χ3v) is 4.26. The van der Waals surface area contributed by atoms with E-state index in [2.05, 4.69) is 9.97 Å². The first-order chi connectivity index (χ1) is 12.3. The Labute approximate surface area is 154 Å². The van der Waals surface area contributed by atoms with Gasteiger partial charge >= 0.3 is 6.09 Å². The van der Waals surface area contributed by atoms with Crippen molar-refractivity contribution in [2.75, 3.05) is 6.54 Å². The summed E-state index contributed by atoms with van der Waals surface area (Å²) >= 11 is 0. The highest BCUT2D eigenvalue weighted by molar-refractivity contribution is 5.69. The number of H-pyrrole nitrogens is 1. The van der Waals surface area contributed by atoms with E-state index in [0.29, 0.717) is 19.6 Å². The number of imidazole rings is 1. The number of amides is 1. The molecule has 1 aliphatic heterocycles. The van der Waals surface area contributed by atoms with E-state index in [-0.39, 0.29) is 18.2 Å². The normalized spacial score (nSPS) is 20.4. The van der Waals surface area contributed by atoms with Gasteiger partial charge in [0.1, 0.15) is 11.4 Å². The molecule has 1 amide bonds. The Morgan fingerprint density at radius 2 is 2.04 bits per heavy atom. The molecule has 1 N–H and O–H groups in total. The molecule has 1 fully saturated rings. The second kappa shape index (κ2) is 7.50. The Morgan fingerprint density at radius 1 is 1.31 bits per heavy atom. The van der Waals surface area contributed by atoms with Crippen LogP contribution in [0.15, 0.2) is 36.5 Å². The topological polar surface area (TPSA) is 67.5 Å². The fourth-order valence-electron chi connectivity index (χ4n) is 3.09. The van der Waals surface area contributed by atoms with E-state index in [0.717, 1.165) is 17.1 Å². The average Bonchev–Trinajstić information content (AvgIpc) is 3.18. The molecule has 6 nitrogen and oxygen atoms in total. The lowest BCUT2D eigenvalue weighted by atomic mass is 10.2. The standard InChI is InChI=1S/C20H27N3O3/c1-14-11-21-18(22-14)17-10-16(25-13-15-8-6-5-7-9-15)12-23(17)19(24)26-20(2,3)4/h5-9,11,16-17H,10,12-13H2,1-4H3,(H,21,22)/t16-,17-/m0/s1. The van der Waals surface area contributed by atoms with Crippen molar-refractivity contribution < 1.29 is 14.3 Å². The quantitative estimate of drug-likeness (QED) is 0.898. The van der Waals surface area contributed by atoms with Crippen molar-refractivity contribution in [2.45, 2.75) is 58.5 Å². The first-order valence-corrected chi connectivity index (χ1v) is 8.99. The predicted octanol–water partition coefficient (Wildman–Crippen LogP) is 3.99. The number of aryl methyl sites for hydroxylation is 1. The van der Waals surface area contributed by atoms with E-state index in [1.165, 1.54) is 0 Å². The number of ether oxygens (including phenoxy) is 2. The zero-order valence-electron chi connectivity index (χ0n) is 15.9.